The van der Waals surface area contributed by atoms with Gasteiger partial charge in [0, 0.05) is 11.6 Å². The molecule has 64 heavy (non-hydrogen) atoms. The highest BCUT2D eigenvalue weighted by atomic mass is 19.1. The molecule has 3 aromatic rings. The third kappa shape index (κ3) is 11.9. The first kappa shape index (κ1) is 48.2. The van der Waals surface area contributed by atoms with Gasteiger partial charge in [-0.15, -0.1) is 0 Å². The number of fused-ring (bicyclic) bond motifs is 1. The molecule has 10 atom stereocenters. The van der Waals surface area contributed by atoms with E-state index < -0.39 is 72.3 Å². The average Bonchev–Trinajstić information content (AvgIpc) is 3.25. The van der Waals surface area contributed by atoms with E-state index in [1.165, 1.54) is 60.7 Å². The number of rotatable bonds is 19. The van der Waals surface area contributed by atoms with Crippen molar-refractivity contribution in [3.8, 4) is 5.75 Å². The van der Waals surface area contributed by atoms with E-state index in [0.717, 1.165) is 12.0 Å². The second kappa shape index (κ2) is 21.2. The molecule has 11 nitrogen and oxygen atoms in total. The molecular weight excluding hydrogens is 825 g/mol. The molecule has 2 aliphatic carbocycles. The smallest absolute Gasteiger partial charge is 0.349 e. The summed E-state index contributed by atoms with van der Waals surface area (Å²) in [6, 6.07) is 17.0. The first-order valence-electron chi connectivity index (χ1n) is 22.4. The Labute approximate surface area is 374 Å². The highest BCUT2D eigenvalue weighted by molar-refractivity contribution is 6.03. The van der Waals surface area contributed by atoms with Crippen LogP contribution in [0.2, 0.25) is 0 Å². The molecule has 0 saturated carbocycles. The minimum atomic E-state index is -1.21. The normalized spacial score (nSPS) is 24.4. The summed E-state index contributed by atoms with van der Waals surface area (Å²) in [5.74, 6) is -2.86. The van der Waals surface area contributed by atoms with E-state index in [0.29, 0.717) is 42.5 Å². The average molecular weight is 886 g/mol. The van der Waals surface area contributed by atoms with Gasteiger partial charge in [0.1, 0.15) is 23.5 Å². The van der Waals surface area contributed by atoms with E-state index in [9.17, 15) is 43.3 Å². The van der Waals surface area contributed by atoms with E-state index in [1.807, 2.05) is 20.8 Å². The number of anilines is 1. The van der Waals surface area contributed by atoms with Crippen molar-refractivity contribution in [1.29, 1.82) is 0 Å². The van der Waals surface area contributed by atoms with Crippen LogP contribution in [0.3, 0.4) is 0 Å². The number of hydrogen-bond donors (Lipinski definition) is 3. The predicted molar refractivity (Wildman–Crippen MR) is 235 cm³/mol. The second-order valence-electron chi connectivity index (χ2n) is 18.4. The van der Waals surface area contributed by atoms with Crippen molar-refractivity contribution in [2.45, 2.75) is 116 Å². The van der Waals surface area contributed by atoms with E-state index in [4.69, 9.17) is 14.2 Å². The number of allylic oxidation sites excluding steroid dienone is 3. The largest absolute Gasteiger partial charge is 0.461 e. The fraction of sp³-hybridized carbons (Fsp3) is 0.490. The summed E-state index contributed by atoms with van der Waals surface area (Å²) in [6.45, 7) is 9.28. The Hall–Kier alpha value is -5.24. The van der Waals surface area contributed by atoms with E-state index in [-0.39, 0.29) is 60.2 Å². The Morgan fingerprint density at radius 1 is 0.859 bits per heavy atom. The maximum absolute atomic E-state index is 13.8. The summed E-state index contributed by atoms with van der Waals surface area (Å²) in [7, 11) is 0. The molecule has 1 unspecified atom stereocenters. The van der Waals surface area contributed by atoms with E-state index in [1.54, 1.807) is 17.0 Å². The van der Waals surface area contributed by atoms with Crippen LogP contribution in [0.4, 0.5) is 14.5 Å². The van der Waals surface area contributed by atoms with Crippen LogP contribution < -0.4 is 9.64 Å². The van der Waals surface area contributed by atoms with Crippen molar-refractivity contribution in [3.63, 3.8) is 0 Å². The fourth-order valence-electron chi connectivity index (χ4n) is 9.14. The van der Waals surface area contributed by atoms with Crippen molar-refractivity contribution < 1.29 is 57.5 Å². The lowest BCUT2D eigenvalue weighted by molar-refractivity contribution is -0.164. The number of hydrogen-bond acceptors (Lipinski definition) is 10. The van der Waals surface area contributed by atoms with Crippen LogP contribution in [0, 0.1) is 46.6 Å². The summed E-state index contributed by atoms with van der Waals surface area (Å²) in [5, 5.41) is 32.4. The third-order valence-electron chi connectivity index (χ3n) is 13.2. The zero-order valence-corrected chi connectivity index (χ0v) is 37.2. The zero-order valence-electron chi connectivity index (χ0n) is 37.2. The Morgan fingerprint density at radius 2 is 1.52 bits per heavy atom. The van der Waals surface area contributed by atoms with Gasteiger partial charge in [-0.05, 0) is 142 Å². The molecule has 3 N–H and O–H groups in total. The Balaban J connectivity index is 0.972. The number of esters is 3. The van der Waals surface area contributed by atoms with Gasteiger partial charge in [0.15, 0.2) is 6.61 Å². The molecule has 1 aliphatic heterocycles. The second-order valence-corrected chi connectivity index (χ2v) is 18.4. The van der Waals surface area contributed by atoms with Crippen LogP contribution in [-0.4, -0.2) is 64.1 Å². The molecule has 6 rings (SSSR count). The van der Waals surface area contributed by atoms with Crippen LogP contribution in [-0.2, 0) is 28.7 Å². The van der Waals surface area contributed by atoms with Crippen LogP contribution >= 0.6 is 0 Å². The zero-order chi connectivity index (χ0) is 46.3. The van der Waals surface area contributed by atoms with Crippen LogP contribution in [0.25, 0.3) is 0 Å². The van der Waals surface area contributed by atoms with Gasteiger partial charge in [-0.2, -0.15) is 0 Å². The van der Waals surface area contributed by atoms with Crippen molar-refractivity contribution in [3.05, 3.63) is 119 Å². The van der Waals surface area contributed by atoms with Gasteiger partial charge in [0.2, 0.25) is 5.91 Å². The molecule has 0 bridgehead atoms. The van der Waals surface area contributed by atoms with E-state index in [2.05, 4.69) is 32.1 Å². The van der Waals surface area contributed by atoms with Crippen molar-refractivity contribution in [1.82, 2.24) is 0 Å². The van der Waals surface area contributed by atoms with E-state index >= 15 is 0 Å². The summed E-state index contributed by atoms with van der Waals surface area (Å²) in [4.78, 5) is 53.4. The summed E-state index contributed by atoms with van der Waals surface area (Å²) < 4.78 is 43.8. The predicted octanol–water partition coefficient (Wildman–Crippen LogP) is 8.67. The Bertz CT molecular complexity index is 2150. The summed E-state index contributed by atoms with van der Waals surface area (Å²) >= 11 is 0. The Morgan fingerprint density at radius 3 is 2.17 bits per heavy atom. The quantitative estimate of drug-likeness (QED) is 0.0604. The molecule has 1 saturated heterocycles. The molecule has 1 heterocycles. The van der Waals surface area contributed by atoms with Gasteiger partial charge in [-0.3, -0.25) is 14.4 Å². The topological polar surface area (TPSA) is 160 Å². The van der Waals surface area contributed by atoms with Crippen molar-refractivity contribution in [2.75, 3.05) is 11.5 Å². The van der Waals surface area contributed by atoms with Crippen LogP contribution in [0.1, 0.15) is 109 Å². The number of β-lactam (4-membered cyclic amide) rings is 1. The maximum Gasteiger partial charge on any atom is 0.349 e. The van der Waals surface area contributed by atoms with Crippen LogP contribution in [0.15, 0.2) is 96.6 Å². The molecule has 0 radical (unpaired) electrons. The summed E-state index contributed by atoms with van der Waals surface area (Å²) in [6.07, 6.45) is 5.60. The number of carbonyl (C=O) groups is 4. The number of halogens is 2. The van der Waals surface area contributed by atoms with Crippen molar-refractivity contribution >= 4 is 29.5 Å². The number of aliphatic hydroxyl groups excluding tert-OH is 3. The van der Waals surface area contributed by atoms with Gasteiger partial charge >= 0.3 is 17.9 Å². The molecule has 344 valence electrons. The van der Waals surface area contributed by atoms with Crippen LogP contribution in [0.5, 0.6) is 5.75 Å². The number of benzene rings is 3. The highest BCUT2D eigenvalue weighted by Crippen LogP contribution is 2.48. The number of aliphatic hydroxyl groups is 3. The first-order valence-corrected chi connectivity index (χ1v) is 22.4. The monoisotopic (exact) mass is 885 g/mol. The minimum absolute atomic E-state index is 0.0107. The lowest BCUT2D eigenvalue weighted by Gasteiger charge is -2.48. The molecule has 3 aromatic carbocycles. The minimum Gasteiger partial charge on any atom is -0.461 e. The lowest BCUT2D eigenvalue weighted by atomic mass is 9.65. The Kier molecular flexibility index (Phi) is 15.9. The third-order valence-corrected chi connectivity index (χ3v) is 13.2. The van der Waals surface area contributed by atoms with Gasteiger partial charge in [0.25, 0.3) is 0 Å². The SMILES string of the molecule is CCC(C)(C)C(=O)O[C@H]1C[C@@H](C)C=C2C=C[C@H](C)C(CC[C@@H](O)C[C@@H](O)CC(=O)OCC(=O)Oc3ccc([C@@H]4[C@@H](CC[C@H](O)c5ccc(F)cc5)C(=O)N4c4ccc(F)cc4)cc3)[C@H]21. The molecule has 3 aliphatic rings. The standard InChI is InChI=1S/C51H61F2NO10/c1-6-51(4,5)50(61)64-44-26-30(2)25-34-8-7-31(3)41(47(34)44)22-19-38(55)27-39(56)28-45(58)62-29-46(59)63-40-20-11-33(12-21-40)48-42(23-24-43(57)32-9-13-35(52)14-10-32)49(60)54(48)37-17-15-36(53)16-18-37/h7-18,20-21,25,30-31,38-39,41-44,47-48,55-57H,6,19,22-24,26-29H2,1-5H3/t30-,31-,38+,39+,41?,42+,43-,44-,47-,48+/m0/s1. The molecule has 0 spiro atoms. The molecule has 0 aromatic heterocycles. The van der Waals surface area contributed by atoms with Gasteiger partial charge in [-0.25, -0.2) is 13.6 Å². The van der Waals surface area contributed by atoms with Crippen molar-refractivity contribution in [2.24, 2.45) is 35.0 Å². The fourth-order valence-corrected chi connectivity index (χ4v) is 9.14. The number of amides is 1. The molecular formula is C51H61F2NO10. The lowest BCUT2D eigenvalue weighted by Crippen LogP contribution is -2.55. The number of nitrogens with zero attached hydrogens (tertiary/aromatic N) is 1. The highest BCUT2D eigenvalue weighted by Gasteiger charge is 2.48. The maximum atomic E-state index is 13.8. The number of ether oxygens (including phenoxy) is 3. The molecule has 13 heteroatoms. The first-order chi connectivity index (χ1) is 30.4. The van der Waals surface area contributed by atoms with Gasteiger partial charge in [-0.1, -0.05) is 63.3 Å². The van der Waals surface area contributed by atoms with Gasteiger partial charge in [0.05, 0.1) is 42.1 Å². The molecule has 1 amide bonds. The molecule has 1 fully saturated rings. The summed E-state index contributed by atoms with van der Waals surface area (Å²) in [5.41, 5.74) is 2.27. The van der Waals surface area contributed by atoms with Gasteiger partial charge < -0.3 is 34.4 Å². The number of carbonyl (C=O) groups excluding carboxylic acids is 4.